The molecule has 19 heavy (non-hydrogen) atoms. The van der Waals surface area contributed by atoms with Gasteiger partial charge in [0.1, 0.15) is 4.90 Å². The monoisotopic (exact) mass is 324 g/mol. The van der Waals surface area contributed by atoms with Crippen LogP contribution in [0.15, 0.2) is 17.0 Å². The number of nitrogens with one attached hydrogen (secondary N) is 2. The van der Waals surface area contributed by atoms with Crippen molar-refractivity contribution >= 4 is 33.2 Å². The van der Waals surface area contributed by atoms with Gasteiger partial charge in [-0.05, 0) is 32.5 Å². The van der Waals surface area contributed by atoms with Gasteiger partial charge >= 0.3 is 0 Å². The lowest BCUT2D eigenvalue weighted by atomic mass is 10.2. The molecule has 0 amide bonds. The Kier molecular flexibility index (Phi) is 6.08. The van der Waals surface area contributed by atoms with E-state index in [4.69, 9.17) is 23.2 Å². The molecule has 0 saturated heterocycles. The van der Waals surface area contributed by atoms with Gasteiger partial charge in [0.2, 0.25) is 10.0 Å². The van der Waals surface area contributed by atoms with E-state index in [9.17, 15) is 8.42 Å². The van der Waals surface area contributed by atoms with Crippen LogP contribution in [0.25, 0.3) is 0 Å². The van der Waals surface area contributed by atoms with E-state index >= 15 is 0 Å². The second-order valence-electron chi connectivity index (χ2n) is 4.39. The molecule has 4 nitrogen and oxygen atoms in total. The molecule has 0 saturated carbocycles. The van der Waals surface area contributed by atoms with E-state index in [0.717, 1.165) is 6.54 Å². The van der Waals surface area contributed by atoms with E-state index in [0.29, 0.717) is 17.1 Å². The normalized spacial score (nSPS) is 12.1. The van der Waals surface area contributed by atoms with Gasteiger partial charge in [0.05, 0.1) is 5.02 Å². The summed E-state index contributed by atoms with van der Waals surface area (Å²) in [6.45, 7) is 6.62. The molecule has 0 atom stereocenters. The third kappa shape index (κ3) is 4.33. The van der Waals surface area contributed by atoms with Gasteiger partial charge in [0.15, 0.2) is 0 Å². The lowest BCUT2D eigenvalue weighted by Crippen LogP contribution is -2.30. The predicted octanol–water partition coefficient (Wildman–Crippen LogP) is 2.79. The molecule has 0 bridgehead atoms. The first-order valence-electron chi connectivity index (χ1n) is 5.99. The molecule has 0 spiro atoms. The maximum absolute atomic E-state index is 12.1. The van der Waals surface area contributed by atoms with Gasteiger partial charge in [-0.15, -0.1) is 0 Å². The first-order chi connectivity index (χ1) is 8.79. The number of sulfonamides is 1. The van der Waals surface area contributed by atoms with Gasteiger partial charge in [-0.3, -0.25) is 0 Å². The highest BCUT2D eigenvalue weighted by Gasteiger charge is 2.22. The van der Waals surface area contributed by atoms with Gasteiger partial charge in [-0.25, -0.2) is 13.1 Å². The van der Waals surface area contributed by atoms with Crippen molar-refractivity contribution < 1.29 is 8.42 Å². The van der Waals surface area contributed by atoms with Crippen LogP contribution in [0.2, 0.25) is 10.0 Å². The summed E-state index contributed by atoms with van der Waals surface area (Å²) in [6, 6.07) is 2.77. The molecular weight excluding hydrogens is 307 g/mol. The van der Waals surface area contributed by atoms with Crippen LogP contribution < -0.4 is 10.0 Å². The number of benzene rings is 1. The van der Waals surface area contributed by atoms with E-state index in [-0.39, 0.29) is 16.0 Å². The summed E-state index contributed by atoms with van der Waals surface area (Å²) in [6.07, 6.45) is 0. The molecule has 0 fully saturated rings. The average Bonchev–Trinajstić information content (AvgIpc) is 2.26. The molecule has 1 rings (SSSR count). The summed E-state index contributed by atoms with van der Waals surface area (Å²) in [5.41, 5.74) is 0.594. The number of hydrogen-bond acceptors (Lipinski definition) is 3. The van der Waals surface area contributed by atoms with Crippen molar-refractivity contribution in [3.05, 3.63) is 27.7 Å². The zero-order valence-corrected chi connectivity index (χ0v) is 13.5. The molecule has 7 heteroatoms. The number of hydrogen-bond donors (Lipinski definition) is 2. The number of rotatable bonds is 6. The summed E-state index contributed by atoms with van der Waals surface area (Å²) >= 11 is 12.2. The Morgan fingerprint density at radius 3 is 2.42 bits per heavy atom. The highest BCUT2D eigenvalue weighted by atomic mass is 35.5. The van der Waals surface area contributed by atoms with Crippen molar-refractivity contribution in [1.82, 2.24) is 10.0 Å². The molecule has 0 heterocycles. The topological polar surface area (TPSA) is 58.2 Å². The number of halogens is 2. The Morgan fingerprint density at radius 2 is 1.89 bits per heavy atom. The first kappa shape index (κ1) is 16.7. The molecule has 1 aromatic carbocycles. The standard InChI is InChI=1S/C12H18Cl2N2O2S/c1-4-15-7-9-10(13)5-6-11(12(9)14)19(17,18)16-8(2)3/h5-6,8,15-16H,4,7H2,1-3H3. The van der Waals surface area contributed by atoms with E-state index < -0.39 is 10.0 Å². The molecule has 0 aliphatic rings. The molecular formula is C12H18Cl2N2O2S. The smallest absolute Gasteiger partial charge is 0.242 e. The zero-order chi connectivity index (χ0) is 14.6. The minimum Gasteiger partial charge on any atom is -0.313 e. The Balaban J connectivity index is 3.23. The van der Waals surface area contributed by atoms with Crippen molar-refractivity contribution in [2.45, 2.75) is 38.3 Å². The molecule has 1 aromatic rings. The highest BCUT2D eigenvalue weighted by Crippen LogP contribution is 2.31. The predicted molar refractivity (Wildman–Crippen MR) is 79.3 cm³/mol. The third-order valence-corrected chi connectivity index (χ3v) is 4.98. The second-order valence-corrected chi connectivity index (χ2v) is 6.86. The molecule has 2 N–H and O–H groups in total. The van der Waals surface area contributed by atoms with Crippen LogP contribution in [0.3, 0.4) is 0 Å². The fourth-order valence-corrected chi connectivity index (χ4v) is 3.73. The zero-order valence-electron chi connectivity index (χ0n) is 11.1. The maximum Gasteiger partial charge on any atom is 0.242 e. The molecule has 0 aliphatic heterocycles. The van der Waals surface area contributed by atoms with E-state index in [1.165, 1.54) is 6.07 Å². The Bertz CT molecular complexity index is 545. The van der Waals surface area contributed by atoms with Crippen LogP contribution >= 0.6 is 23.2 Å². The quantitative estimate of drug-likeness (QED) is 0.845. The molecule has 108 valence electrons. The second kappa shape index (κ2) is 6.90. The lowest BCUT2D eigenvalue weighted by molar-refractivity contribution is 0.569. The van der Waals surface area contributed by atoms with Crippen LogP contribution in [0, 0.1) is 0 Å². The van der Waals surface area contributed by atoms with Gasteiger partial charge in [-0.2, -0.15) is 0 Å². The first-order valence-corrected chi connectivity index (χ1v) is 8.23. The van der Waals surface area contributed by atoms with Crippen LogP contribution in [0.1, 0.15) is 26.3 Å². The van der Waals surface area contributed by atoms with Crippen LogP contribution in [-0.2, 0) is 16.6 Å². The minimum absolute atomic E-state index is 0.0557. The van der Waals surface area contributed by atoms with Crippen LogP contribution in [-0.4, -0.2) is 21.0 Å². The summed E-state index contributed by atoms with van der Waals surface area (Å²) < 4.78 is 26.8. The summed E-state index contributed by atoms with van der Waals surface area (Å²) in [5, 5.41) is 3.70. The average molecular weight is 325 g/mol. The third-order valence-electron chi connectivity index (χ3n) is 2.38. The fraction of sp³-hybridized carbons (Fsp3) is 0.500. The van der Waals surface area contributed by atoms with Crippen LogP contribution in [0.5, 0.6) is 0 Å². The van der Waals surface area contributed by atoms with Gasteiger partial charge in [0.25, 0.3) is 0 Å². The van der Waals surface area contributed by atoms with Crippen LogP contribution in [0.4, 0.5) is 0 Å². The fourth-order valence-electron chi connectivity index (χ4n) is 1.57. The van der Waals surface area contributed by atoms with Crippen molar-refractivity contribution in [3.63, 3.8) is 0 Å². The van der Waals surface area contributed by atoms with Gasteiger partial charge in [0, 0.05) is 23.2 Å². The Labute approximate surface area is 124 Å². The van der Waals surface area contributed by atoms with Crippen molar-refractivity contribution in [3.8, 4) is 0 Å². The maximum atomic E-state index is 12.1. The van der Waals surface area contributed by atoms with Gasteiger partial charge < -0.3 is 5.32 Å². The molecule has 0 radical (unpaired) electrons. The van der Waals surface area contributed by atoms with E-state index in [1.807, 2.05) is 6.92 Å². The molecule has 0 aromatic heterocycles. The Hall–Kier alpha value is -0.330. The molecule has 0 aliphatic carbocycles. The highest BCUT2D eigenvalue weighted by molar-refractivity contribution is 7.89. The molecule has 0 unspecified atom stereocenters. The Morgan fingerprint density at radius 1 is 1.26 bits per heavy atom. The minimum atomic E-state index is -3.62. The van der Waals surface area contributed by atoms with Crippen molar-refractivity contribution in [2.24, 2.45) is 0 Å². The summed E-state index contributed by atoms with van der Waals surface area (Å²) in [7, 11) is -3.62. The van der Waals surface area contributed by atoms with Gasteiger partial charge in [-0.1, -0.05) is 30.1 Å². The lowest BCUT2D eigenvalue weighted by Gasteiger charge is -2.14. The summed E-state index contributed by atoms with van der Waals surface area (Å²) in [5.74, 6) is 0. The van der Waals surface area contributed by atoms with Crippen molar-refractivity contribution in [1.29, 1.82) is 0 Å². The largest absolute Gasteiger partial charge is 0.313 e. The van der Waals surface area contributed by atoms with Crippen molar-refractivity contribution in [2.75, 3.05) is 6.54 Å². The van der Waals surface area contributed by atoms with E-state index in [2.05, 4.69) is 10.0 Å². The summed E-state index contributed by atoms with van der Waals surface area (Å²) in [4.78, 5) is 0.0557. The SMILES string of the molecule is CCNCc1c(Cl)ccc(S(=O)(=O)NC(C)C)c1Cl. The van der Waals surface area contributed by atoms with E-state index in [1.54, 1.807) is 19.9 Å².